The molecular weight excluding hydrogens is 773 g/mol. The summed E-state index contributed by atoms with van der Waals surface area (Å²) in [6.45, 7) is 48.9. The highest BCUT2D eigenvalue weighted by atomic mass is 16.5. The topological polar surface area (TPSA) is 102 Å². The number of hydrogen-bond donors (Lipinski definition) is 4. The minimum absolute atomic E-state index is 0.0489. The molecule has 9 heteroatoms. The fourth-order valence-corrected chi connectivity index (χ4v) is 7.42. The third kappa shape index (κ3) is 23.2. The van der Waals surface area contributed by atoms with E-state index in [0.717, 1.165) is 49.8 Å². The van der Waals surface area contributed by atoms with Crippen LogP contribution in [0.15, 0.2) is 36.8 Å². The summed E-state index contributed by atoms with van der Waals surface area (Å²) in [5.41, 5.74) is 3.87. The molecule has 0 heterocycles. The highest BCUT2D eigenvalue weighted by molar-refractivity contribution is 5.78. The lowest BCUT2D eigenvalue weighted by Crippen LogP contribution is -2.54. The zero-order valence-electron chi connectivity index (χ0n) is 43.5. The van der Waals surface area contributed by atoms with Crippen molar-refractivity contribution in [2.75, 3.05) is 26.4 Å². The molecule has 0 spiro atoms. The van der Waals surface area contributed by atoms with Gasteiger partial charge in [-0.3, -0.25) is 4.79 Å². The zero-order chi connectivity index (χ0) is 47.3. The smallest absolute Gasteiger partial charge is 0.223 e. The van der Waals surface area contributed by atoms with Crippen LogP contribution in [0.3, 0.4) is 0 Å². The van der Waals surface area contributed by atoms with Crippen molar-refractivity contribution in [2.24, 2.45) is 23.7 Å². The molecule has 0 saturated heterocycles. The second-order valence-electron chi connectivity index (χ2n) is 21.7. The lowest BCUT2D eigenvalue weighted by molar-refractivity contribution is -0.128. The van der Waals surface area contributed by atoms with E-state index in [-0.39, 0.29) is 40.1 Å². The van der Waals surface area contributed by atoms with Gasteiger partial charge in [0, 0.05) is 23.0 Å². The standard InChI is InChI=1S/C14H27NO2.C14H27NO.C13H25NO.C12H23NO/c1-11(2)13(16)15-14(10-17-12(3)4)8-6-5-7-9-14;1-11(2)13(5)15-14(8-6-7-9-14)10-16-12(3)4;1-10(2)12(5)14-13(7-6-8-13)9-15-11(3)4;1-9(2)11(5)13-12(6-7-12)8-14-10(3)4/h11-12H,5-10H2,1-4H3,(H,15,16);11-12,15H,5-10H2,1-4H3;10-11,14H,5-9H2,1-4H3;9-10,13H,5-8H2,1-4H3. The molecule has 0 unspecified atom stereocenters. The molecule has 4 rings (SSSR count). The Morgan fingerprint density at radius 3 is 0.823 bits per heavy atom. The van der Waals surface area contributed by atoms with E-state index in [4.69, 9.17) is 18.9 Å². The van der Waals surface area contributed by atoms with Crippen molar-refractivity contribution in [3.8, 4) is 0 Å². The van der Waals surface area contributed by atoms with Crippen molar-refractivity contribution in [1.29, 1.82) is 0 Å². The highest BCUT2D eigenvalue weighted by Gasteiger charge is 2.43. The average molecular weight is 875 g/mol. The Morgan fingerprint density at radius 2 is 0.613 bits per heavy atom. The number of carbonyl (C=O) groups is 1. The zero-order valence-corrected chi connectivity index (χ0v) is 43.5. The van der Waals surface area contributed by atoms with Crippen molar-refractivity contribution in [2.45, 2.75) is 247 Å². The van der Waals surface area contributed by atoms with Gasteiger partial charge >= 0.3 is 0 Å². The Bertz CT molecular complexity index is 1280. The van der Waals surface area contributed by atoms with Crippen molar-refractivity contribution in [3.05, 3.63) is 36.8 Å². The molecule has 9 nitrogen and oxygen atoms in total. The van der Waals surface area contributed by atoms with Crippen LogP contribution in [0.5, 0.6) is 0 Å². The van der Waals surface area contributed by atoms with E-state index in [1.165, 1.54) is 77.0 Å². The molecule has 364 valence electrons. The van der Waals surface area contributed by atoms with Crippen LogP contribution < -0.4 is 21.3 Å². The third-order valence-electron chi connectivity index (χ3n) is 12.6. The molecule has 0 atom stereocenters. The van der Waals surface area contributed by atoms with Crippen LogP contribution >= 0.6 is 0 Å². The first-order valence-electron chi connectivity index (χ1n) is 25.0. The average Bonchev–Trinajstić information content (AvgIpc) is 3.79. The van der Waals surface area contributed by atoms with Crippen LogP contribution in [0, 0.1) is 23.7 Å². The van der Waals surface area contributed by atoms with Crippen LogP contribution in [0.4, 0.5) is 0 Å². The van der Waals surface area contributed by atoms with Crippen LogP contribution in [0.2, 0.25) is 0 Å². The van der Waals surface area contributed by atoms with E-state index >= 15 is 0 Å². The summed E-state index contributed by atoms with van der Waals surface area (Å²) >= 11 is 0. The minimum Gasteiger partial charge on any atom is -0.381 e. The van der Waals surface area contributed by atoms with Gasteiger partial charge in [-0.25, -0.2) is 0 Å². The molecule has 0 aromatic heterocycles. The molecule has 0 radical (unpaired) electrons. The van der Waals surface area contributed by atoms with Crippen molar-refractivity contribution < 1.29 is 23.7 Å². The molecule has 62 heavy (non-hydrogen) atoms. The van der Waals surface area contributed by atoms with Gasteiger partial charge in [0.05, 0.1) is 73.0 Å². The van der Waals surface area contributed by atoms with Gasteiger partial charge in [-0.05, 0) is 131 Å². The Morgan fingerprint density at radius 1 is 0.371 bits per heavy atom. The summed E-state index contributed by atoms with van der Waals surface area (Å²) in [6.07, 6.45) is 18.1. The molecule has 4 saturated carbocycles. The largest absolute Gasteiger partial charge is 0.381 e. The minimum atomic E-state index is -0.107. The number of ether oxygens (including phenoxy) is 4. The quantitative estimate of drug-likeness (QED) is 0.0805. The summed E-state index contributed by atoms with van der Waals surface area (Å²) < 4.78 is 22.9. The summed E-state index contributed by atoms with van der Waals surface area (Å²) in [4.78, 5) is 11.9. The Balaban J connectivity index is 0.000000414. The lowest BCUT2D eigenvalue weighted by Gasteiger charge is -2.44. The van der Waals surface area contributed by atoms with E-state index < -0.39 is 0 Å². The summed E-state index contributed by atoms with van der Waals surface area (Å²) in [6, 6.07) is 0. The Labute approximate surface area is 383 Å². The molecule has 4 aliphatic rings. The maximum absolute atomic E-state index is 11.9. The number of hydrogen-bond acceptors (Lipinski definition) is 8. The lowest BCUT2D eigenvalue weighted by atomic mass is 9.77. The molecule has 0 bridgehead atoms. The highest BCUT2D eigenvalue weighted by Crippen LogP contribution is 2.38. The van der Waals surface area contributed by atoms with Gasteiger partial charge in [0.2, 0.25) is 5.91 Å². The first-order chi connectivity index (χ1) is 28.8. The fourth-order valence-electron chi connectivity index (χ4n) is 7.42. The van der Waals surface area contributed by atoms with Crippen molar-refractivity contribution >= 4 is 5.91 Å². The van der Waals surface area contributed by atoms with Crippen LogP contribution in [-0.2, 0) is 23.7 Å². The molecule has 0 aromatic carbocycles. The first kappa shape index (κ1) is 57.9. The van der Waals surface area contributed by atoms with Gasteiger partial charge in [-0.1, -0.05) is 107 Å². The van der Waals surface area contributed by atoms with Gasteiger partial charge in [-0.2, -0.15) is 0 Å². The second-order valence-corrected chi connectivity index (χ2v) is 21.7. The third-order valence-corrected chi connectivity index (χ3v) is 12.6. The molecule has 0 aliphatic heterocycles. The number of carbonyl (C=O) groups excluding carboxylic acids is 1. The van der Waals surface area contributed by atoms with E-state index in [1.54, 1.807) is 0 Å². The molecule has 4 fully saturated rings. The molecule has 0 aromatic rings. The molecular formula is C53H102N4O5. The van der Waals surface area contributed by atoms with Gasteiger partial charge in [0.15, 0.2) is 0 Å². The predicted molar refractivity (Wildman–Crippen MR) is 264 cm³/mol. The number of amides is 1. The predicted octanol–water partition coefficient (Wildman–Crippen LogP) is 12.2. The summed E-state index contributed by atoms with van der Waals surface area (Å²) in [7, 11) is 0. The van der Waals surface area contributed by atoms with E-state index in [1.807, 2.05) is 27.7 Å². The van der Waals surface area contributed by atoms with E-state index in [2.05, 4.69) is 124 Å². The van der Waals surface area contributed by atoms with Gasteiger partial charge in [0.25, 0.3) is 0 Å². The second kappa shape index (κ2) is 28.1. The van der Waals surface area contributed by atoms with Crippen LogP contribution in [-0.4, -0.2) is 78.9 Å². The SMILES string of the molecule is C=C(NC1(COC(C)C)CC1)C(C)C.C=C(NC1(COC(C)C)CCC1)C(C)C.C=C(NC1(COC(C)C)CCCC1)C(C)C.CC(C)OCC1(NC(=O)C(C)C)CCCCC1. The fraction of sp³-hybridized carbons (Fsp3) is 0.868. The maximum Gasteiger partial charge on any atom is 0.223 e. The van der Waals surface area contributed by atoms with Crippen LogP contribution in [0.1, 0.15) is 201 Å². The molecule has 4 N–H and O–H groups in total. The Hall–Kier alpha value is -2.07. The van der Waals surface area contributed by atoms with Crippen LogP contribution in [0.25, 0.3) is 0 Å². The molecule has 1 amide bonds. The summed E-state index contributed by atoms with van der Waals surface area (Å²) in [5.74, 6) is 1.71. The van der Waals surface area contributed by atoms with E-state index in [0.29, 0.717) is 42.7 Å². The van der Waals surface area contributed by atoms with E-state index in [9.17, 15) is 4.79 Å². The monoisotopic (exact) mass is 875 g/mol. The van der Waals surface area contributed by atoms with Gasteiger partial charge in [-0.15, -0.1) is 0 Å². The van der Waals surface area contributed by atoms with Gasteiger partial charge in [0.1, 0.15) is 0 Å². The molecule has 4 aliphatic carbocycles. The van der Waals surface area contributed by atoms with Gasteiger partial charge < -0.3 is 40.2 Å². The summed E-state index contributed by atoms with van der Waals surface area (Å²) in [5, 5.41) is 13.9. The maximum atomic E-state index is 11.9. The number of allylic oxidation sites excluding steroid dienone is 3. The first-order valence-corrected chi connectivity index (χ1v) is 25.0. The normalized spacial score (nSPS) is 19.2. The van der Waals surface area contributed by atoms with Crippen molar-refractivity contribution in [1.82, 2.24) is 21.3 Å². The van der Waals surface area contributed by atoms with Crippen molar-refractivity contribution in [3.63, 3.8) is 0 Å². The number of nitrogens with one attached hydrogen (secondary N) is 4. The Kier molecular flexibility index (Phi) is 26.2. The number of rotatable bonds is 23.